The SMILES string of the molecule is CC(C)c1ccc2ccsc2c1.CC(C)c1cccc2sccc12. The summed E-state index contributed by atoms with van der Waals surface area (Å²) in [5, 5.41) is 7.10. The van der Waals surface area contributed by atoms with Crippen molar-refractivity contribution in [3.05, 3.63) is 70.4 Å². The summed E-state index contributed by atoms with van der Waals surface area (Å²) in [5.41, 5.74) is 2.90. The van der Waals surface area contributed by atoms with E-state index >= 15 is 0 Å². The van der Waals surface area contributed by atoms with Crippen LogP contribution in [0.4, 0.5) is 0 Å². The minimum atomic E-state index is 0.628. The Hall–Kier alpha value is -1.64. The van der Waals surface area contributed by atoms with Crippen molar-refractivity contribution in [1.29, 1.82) is 0 Å². The molecule has 4 aromatic rings. The number of hydrogen-bond donors (Lipinski definition) is 0. The third kappa shape index (κ3) is 3.71. The highest BCUT2D eigenvalue weighted by atomic mass is 32.1. The molecule has 124 valence electrons. The van der Waals surface area contributed by atoms with E-state index in [9.17, 15) is 0 Å². The molecule has 0 saturated carbocycles. The lowest BCUT2D eigenvalue weighted by Crippen LogP contribution is -1.85. The minimum Gasteiger partial charge on any atom is -0.144 e. The second-order valence-corrected chi connectivity index (χ2v) is 8.60. The molecule has 0 nitrogen and oxygen atoms in total. The van der Waals surface area contributed by atoms with Gasteiger partial charge in [0.1, 0.15) is 0 Å². The van der Waals surface area contributed by atoms with E-state index in [0.29, 0.717) is 11.8 Å². The van der Waals surface area contributed by atoms with Crippen LogP contribution in [0.15, 0.2) is 59.3 Å². The van der Waals surface area contributed by atoms with Crippen LogP contribution in [0.25, 0.3) is 20.2 Å². The van der Waals surface area contributed by atoms with Crippen molar-refractivity contribution in [2.45, 2.75) is 39.5 Å². The zero-order chi connectivity index (χ0) is 17.1. The van der Waals surface area contributed by atoms with Gasteiger partial charge in [-0.15, -0.1) is 22.7 Å². The van der Waals surface area contributed by atoms with Crippen molar-refractivity contribution in [3.63, 3.8) is 0 Å². The van der Waals surface area contributed by atoms with Gasteiger partial charge < -0.3 is 0 Å². The second kappa shape index (κ2) is 7.50. The molecule has 0 saturated heterocycles. The summed E-state index contributed by atoms with van der Waals surface area (Å²) in [6.07, 6.45) is 0. The molecule has 0 aliphatic carbocycles. The monoisotopic (exact) mass is 352 g/mol. The number of benzene rings is 2. The predicted octanol–water partition coefficient (Wildman–Crippen LogP) is 8.05. The standard InChI is InChI=1S/2C11H12S/c1-8(2)10-4-3-9-5-6-12-11(9)7-10;1-8(2)9-4-3-5-11-10(9)6-7-12-11/h2*3-8H,1-2H3. The van der Waals surface area contributed by atoms with Crippen LogP contribution in [0, 0.1) is 0 Å². The molecule has 0 aliphatic rings. The van der Waals surface area contributed by atoms with Gasteiger partial charge in [0.15, 0.2) is 0 Å². The molecule has 4 rings (SSSR count). The van der Waals surface area contributed by atoms with Crippen molar-refractivity contribution >= 4 is 42.8 Å². The Kier molecular flexibility index (Phi) is 5.37. The van der Waals surface area contributed by atoms with Crippen molar-refractivity contribution < 1.29 is 0 Å². The van der Waals surface area contributed by atoms with Gasteiger partial charge in [-0.05, 0) is 68.8 Å². The normalized spacial score (nSPS) is 11.2. The zero-order valence-corrected chi connectivity index (χ0v) is 16.4. The molecule has 0 aliphatic heterocycles. The number of rotatable bonds is 2. The van der Waals surface area contributed by atoms with Gasteiger partial charge in [0, 0.05) is 9.40 Å². The lowest BCUT2D eigenvalue weighted by molar-refractivity contribution is 0.869. The van der Waals surface area contributed by atoms with Gasteiger partial charge in [-0.25, -0.2) is 0 Å². The number of hydrogen-bond acceptors (Lipinski definition) is 2. The van der Waals surface area contributed by atoms with Gasteiger partial charge in [-0.2, -0.15) is 0 Å². The van der Waals surface area contributed by atoms with Crippen LogP contribution >= 0.6 is 22.7 Å². The van der Waals surface area contributed by atoms with Gasteiger partial charge in [0.05, 0.1) is 0 Å². The van der Waals surface area contributed by atoms with Crippen molar-refractivity contribution in [2.75, 3.05) is 0 Å². The van der Waals surface area contributed by atoms with Crippen molar-refractivity contribution in [1.82, 2.24) is 0 Å². The second-order valence-electron chi connectivity index (χ2n) is 6.71. The van der Waals surface area contributed by atoms with Gasteiger partial charge in [-0.1, -0.05) is 52.0 Å². The molecule has 24 heavy (non-hydrogen) atoms. The molecule has 0 N–H and O–H groups in total. The summed E-state index contributed by atoms with van der Waals surface area (Å²) < 4.78 is 2.81. The van der Waals surface area contributed by atoms with Crippen LogP contribution in [0.2, 0.25) is 0 Å². The van der Waals surface area contributed by atoms with E-state index in [2.05, 4.69) is 87.0 Å². The quantitative estimate of drug-likeness (QED) is 0.342. The van der Waals surface area contributed by atoms with Crippen LogP contribution in [0.5, 0.6) is 0 Å². The molecular weight excluding hydrogens is 328 g/mol. The molecule has 0 atom stereocenters. The number of fused-ring (bicyclic) bond motifs is 2. The summed E-state index contributed by atoms with van der Waals surface area (Å²) in [7, 11) is 0. The molecule has 2 aromatic heterocycles. The minimum absolute atomic E-state index is 0.628. The Morgan fingerprint density at radius 1 is 0.708 bits per heavy atom. The van der Waals surface area contributed by atoms with E-state index in [0.717, 1.165) is 0 Å². The van der Waals surface area contributed by atoms with Gasteiger partial charge >= 0.3 is 0 Å². The Balaban J connectivity index is 0.000000141. The molecule has 0 unspecified atom stereocenters. The fraction of sp³-hybridized carbons (Fsp3) is 0.273. The fourth-order valence-corrected chi connectivity index (χ4v) is 4.51. The highest BCUT2D eigenvalue weighted by Crippen LogP contribution is 2.28. The maximum absolute atomic E-state index is 2.30. The highest BCUT2D eigenvalue weighted by molar-refractivity contribution is 7.17. The van der Waals surface area contributed by atoms with Crippen molar-refractivity contribution in [3.8, 4) is 0 Å². The van der Waals surface area contributed by atoms with E-state index in [1.54, 1.807) is 0 Å². The first-order valence-electron chi connectivity index (χ1n) is 8.49. The third-order valence-corrected chi connectivity index (χ3v) is 6.06. The van der Waals surface area contributed by atoms with Crippen LogP contribution in [-0.2, 0) is 0 Å². The first kappa shape index (κ1) is 17.2. The van der Waals surface area contributed by atoms with E-state index in [-0.39, 0.29) is 0 Å². The van der Waals surface area contributed by atoms with E-state index in [1.165, 1.54) is 31.3 Å². The summed E-state index contributed by atoms with van der Waals surface area (Å²) in [4.78, 5) is 0. The lowest BCUT2D eigenvalue weighted by Gasteiger charge is -2.05. The summed E-state index contributed by atoms with van der Waals surface area (Å²) >= 11 is 3.64. The largest absolute Gasteiger partial charge is 0.144 e. The summed E-state index contributed by atoms with van der Waals surface area (Å²) in [6, 6.07) is 17.7. The first-order chi connectivity index (χ1) is 11.6. The fourth-order valence-electron chi connectivity index (χ4n) is 2.85. The molecule has 0 fully saturated rings. The van der Waals surface area contributed by atoms with Gasteiger partial charge in [0.2, 0.25) is 0 Å². The van der Waals surface area contributed by atoms with Crippen molar-refractivity contribution in [2.24, 2.45) is 0 Å². The molecule has 2 heteroatoms. The number of thiophene rings is 2. The van der Waals surface area contributed by atoms with Crippen LogP contribution in [0.1, 0.15) is 50.7 Å². The van der Waals surface area contributed by atoms with Crippen LogP contribution in [0.3, 0.4) is 0 Å². The summed E-state index contributed by atoms with van der Waals surface area (Å²) in [6.45, 7) is 8.95. The van der Waals surface area contributed by atoms with Crippen LogP contribution in [-0.4, -0.2) is 0 Å². The van der Waals surface area contributed by atoms with E-state index in [1.807, 2.05) is 22.7 Å². The van der Waals surface area contributed by atoms with E-state index < -0.39 is 0 Å². The molecule has 0 spiro atoms. The molecule has 0 amide bonds. The first-order valence-corrected chi connectivity index (χ1v) is 10.3. The molecular formula is C22H24S2. The summed E-state index contributed by atoms with van der Waals surface area (Å²) in [5.74, 6) is 1.26. The third-order valence-electron chi connectivity index (χ3n) is 4.30. The topological polar surface area (TPSA) is 0 Å². The smallest absolute Gasteiger partial charge is 0.0345 e. The Morgan fingerprint density at radius 2 is 1.46 bits per heavy atom. The molecule has 0 radical (unpaired) electrons. The average molecular weight is 353 g/mol. The molecule has 2 heterocycles. The zero-order valence-electron chi connectivity index (χ0n) is 14.7. The lowest BCUT2D eigenvalue weighted by atomic mass is 10.00. The molecule has 2 aromatic carbocycles. The average Bonchev–Trinajstić information content (AvgIpc) is 3.22. The van der Waals surface area contributed by atoms with Gasteiger partial charge in [0.25, 0.3) is 0 Å². The van der Waals surface area contributed by atoms with Gasteiger partial charge in [-0.3, -0.25) is 0 Å². The predicted molar refractivity (Wildman–Crippen MR) is 112 cm³/mol. The highest BCUT2D eigenvalue weighted by Gasteiger charge is 2.04. The maximum atomic E-state index is 2.30. The Labute approximate surface area is 152 Å². The maximum Gasteiger partial charge on any atom is 0.0345 e. The molecule has 0 bridgehead atoms. The Bertz CT molecular complexity index is 924. The van der Waals surface area contributed by atoms with Crippen LogP contribution < -0.4 is 0 Å². The Morgan fingerprint density at radius 3 is 2.21 bits per heavy atom. The van der Waals surface area contributed by atoms with E-state index in [4.69, 9.17) is 0 Å².